The smallest absolute Gasteiger partial charge is 0.282 e. The number of rotatable bonds is 5. The fourth-order valence-corrected chi connectivity index (χ4v) is 4.04. The number of nitrogens with one attached hydrogen (secondary N) is 1. The van der Waals surface area contributed by atoms with E-state index in [4.69, 9.17) is 11.1 Å². The molecule has 0 aromatic rings. The van der Waals surface area contributed by atoms with Gasteiger partial charge in [0.1, 0.15) is 5.84 Å². The summed E-state index contributed by atoms with van der Waals surface area (Å²) in [6.45, 7) is 4.98. The van der Waals surface area contributed by atoms with E-state index in [-0.39, 0.29) is 5.84 Å². The minimum atomic E-state index is -3.47. The average Bonchev–Trinajstić information content (AvgIpc) is 2.30. The van der Waals surface area contributed by atoms with Crippen LogP contribution in [0, 0.1) is 5.41 Å². The summed E-state index contributed by atoms with van der Waals surface area (Å²) in [5.41, 5.74) is 5.50. The van der Waals surface area contributed by atoms with Crippen LogP contribution in [0.1, 0.15) is 33.1 Å². The Morgan fingerprint density at radius 2 is 2.00 bits per heavy atom. The summed E-state index contributed by atoms with van der Waals surface area (Å²) in [5.74, 6) is -0.0552. The first kappa shape index (κ1) is 14.4. The molecule has 1 fully saturated rings. The Balaban J connectivity index is 2.98. The van der Waals surface area contributed by atoms with Gasteiger partial charge in [0.05, 0.1) is 6.04 Å². The topological polar surface area (TPSA) is 90.5 Å². The molecule has 0 radical (unpaired) electrons. The maximum absolute atomic E-state index is 12.4. The molecule has 1 rings (SSSR count). The van der Waals surface area contributed by atoms with Crippen molar-refractivity contribution in [1.82, 2.24) is 8.61 Å². The van der Waals surface area contributed by atoms with Gasteiger partial charge >= 0.3 is 0 Å². The van der Waals surface area contributed by atoms with Gasteiger partial charge in [0.15, 0.2) is 0 Å². The van der Waals surface area contributed by atoms with Crippen LogP contribution in [0.3, 0.4) is 0 Å². The van der Waals surface area contributed by atoms with Gasteiger partial charge in [-0.1, -0.05) is 20.3 Å². The van der Waals surface area contributed by atoms with Crippen LogP contribution in [0.25, 0.3) is 0 Å². The molecule has 1 aliphatic heterocycles. The van der Waals surface area contributed by atoms with Gasteiger partial charge in [-0.25, -0.2) is 0 Å². The Hall–Kier alpha value is -0.660. The normalized spacial score (nSPS) is 22.9. The van der Waals surface area contributed by atoms with Gasteiger partial charge in [0.2, 0.25) is 0 Å². The quantitative estimate of drug-likeness (QED) is 0.554. The second-order valence-corrected chi connectivity index (χ2v) is 6.05. The number of hydrogen-bond donors (Lipinski definition) is 2. The zero-order valence-corrected chi connectivity index (χ0v) is 11.3. The van der Waals surface area contributed by atoms with Crippen molar-refractivity contribution in [2.24, 2.45) is 5.73 Å². The molecule has 1 saturated heterocycles. The zero-order valence-electron chi connectivity index (χ0n) is 10.5. The van der Waals surface area contributed by atoms with Gasteiger partial charge in [-0.05, 0) is 12.8 Å². The van der Waals surface area contributed by atoms with Crippen molar-refractivity contribution in [3.63, 3.8) is 0 Å². The third-order valence-electron chi connectivity index (χ3n) is 3.14. The molecule has 1 unspecified atom stereocenters. The van der Waals surface area contributed by atoms with E-state index in [0.29, 0.717) is 26.1 Å². The third kappa shape index (κ3) is 2.97. The van der Waals surface area contributed by atoms with Crippen LogP contribution in [0.5, 0.6) is 0 Å². The highest BCUT2D eigenvalue weighted by molar-refractivity contribution is 7.86. The van der Waals surface area contributed by atoms with E-state index in [0.717, 1.165) is 12.8 Å². The number of piperidine rings is 1. The first-order valence-electron chi connectivity index (χ1n) is 6.06. The van der Waals surface area contributed by atoms with Gasteiger partial charge in [-0.3, -0.25) is 5.41 Å². The van der Waals surface area contributed by atoms with Crippen LogP contribution in [0.2, 0.25) is 0 Å². The van der Waals surface area contributed by atoms with Crippen molar-refractivity contribution >= 4 is 16.0 Å². The highest BCUT2D eigenvalue weighted by atomic mass is 32.2. The molecule has 7 heteroatoms. The maximum atomic E-state index is 12.4. The SMILES string of the molecule is CCN(CC)S(=O)(=O)N1CCCCC1C(=N)N. The fourth-order valence-electron chi connectivity index (χ4n) is 2.19. The molecular formula is C10H22N4O2S. The lowest BCUT2D eigenvalue weighted by atomic mass is 10.0. The van der Waals surface area contributed by atoms with Crippen LogP contribution < -0.4 is 5.73 Å². The van der Waals surface area contributed by atoms with Crippen molar-refractivity contribution in [2.75, 3.05) is 19.6 Å². The van der Waals surface area contributed by atoms with Gasteiger partial charge in [0, 0.05) is 19.6 Å². The van der Waals surface area contributed by atoms with Crippen LogP contribution in [0.15, 0.2) is 0 Å². The minimum absolute atomic E-state index is 0.0552. The van der Waals surface area contributed by atoms with E-state index in [1.807, 2.05) is 13.8 Å². The van der Waals surface area contributed by atoms with Crippen molar-refractivity contribution in [2.45, 2.75) is 39.2 Å². The summed E-state index contributed by atoms with van der Waals surface area (Å²) >= 11 is 0. The Kier molecular flexibility index (Phi) is 4.91. The molecule has 1 heterocycles. The molecule has 0 aromatic carbocycles. The van der Waals surface area contributed by atoms with Gasteiger partial charge in [0.25, 0.3) is 10.2 Å². The highest BCUT2D eigenvalue weighted by Crippen LogP contribution is 2.22. The van der Waals surface area contributed by atoms with Crippen molar-refractivity contribution < 1.29 is 8.42 Å². The van der Waals surface area contributed by atoms with E-state index in [9.17, 15) is 8.42 Å². The molecule has 3 N–H and O–H groups in total. The van der Waals surface area contributed by atoms with Gasteiger partial charge in [-0.2, -0.15) is 17.0 Å². The van der Waals surface area contributed by atoms with E-state index in [1.54, 1.807) is 0 Å². The van der Waals surface area contributed by atoms with Gasteiger partial charge in [-0.15, -0.1) is 0 Å². The van der Waals surface area contributed by atoms with Crippen molar-refractivity contribution in [1.29, 1.82) is 5.41 Å². The largest absolute Gasteiger partial charge is 0.386 e. The first-order valence-corrected chi connectivity index (χ1v) is 7.45. The lowest BCUT2D eigenvalue weighted by Crippen LogP contribution is -2.54. The molecular weight excluding hydrogens is 240 g/mol. The predicted molar refractivity (Wildman–Crippen MR) is 68.1 cm³/mol. The Morgan fingerprint density at radius 3 is 2.47 bits per heavy atom. The van der Waals surface area contributed by atoms with Gasteiger partial charge < -0.3 is 5.73 Å². The molecule has 0 spiro atoms. The third-order valence-corrected chi connectivity index (χ3v) is 5.34. The van der Waals surface area contributed by atoms with E-state index < -0.39 is 16.3 Å². The van der Waals surface area contributed by atoms with Crippen molar-refractivity contribution in [3.05, 3.63) is 0 Å². The summed E-state index contributed by atoms with van der Waals surface area (Å²) in [6.07, 6.45) is 2.41. The molecule has 0 aromatic heterocycles. The molecule has 0 amide bonds. The Morgan fingerprint density at radius 1 is 1.41 bits per heavy atom. The molecule has 6 nitrogen and oxygen atoms in total. The summed E-state index contributed by atoms with van der Waals surface area (Å²) in [4.78, 5) is 0. The zero-order chi connectivity index (χ0) is 13.1. The molecule has 17 heavy (non-hydrogen) atoms. The summed E-state index contributed by atoms with van der Waals surface area (Å²) in [5, 5.41) is 7.51. The van der Waals surface area contributed by atoms with Crippen LogP contribution in [-0.2, 0) is 10.2 Å². The molecule has 1 aliphatic rings. The van der Waals surface area contributed by atoms with E-state index in [2.05, 4.69) is 0 Å². The Bertz CT molecular complexity index is 365. The summed E-state index contributed by atoms with van der Waals surface area (Å²) < 4.78 is 27.5. The predicted octanol–water partition coefficient (Wildman–Crippen LogP) is 0.363. The molecule has 0 saturated carbocycles. The lowest BCUT2D eigenvalue weighted by molar-refractivity contribution is 0.276. The average molecular weight is 262 g/mol. The molecule has 0 bridgehead atoms. The molecule has 1 atom stereocenters. The molecule has 0 aliphatic carbocycles. The monoisotopic (exact) mass is 262 g/mol. The van der Waals surface area contributed by atoms with E-state index in [1.165, 1.54) is 8.61 Å². The second-order valence-electron chi connectivity index (χ2n) is 4.17. The Labute approximate surface area is 103 Å². The fraction of sp³-hybridized carbons (Fsp3) is 0.900. The summed E-state index contributed by atoms with van der Waals surface area (Å²) in [7, 11) is -3.47. The highest BCUT2D eigenvalue weighted by Gasteiger charge is 2.36. The van der Waals surface area contributed by atoms with Crippen LogP contribution in [0.4, 0.5) is 0 Å². The van der Waals surface area contributed by atoms with E-state index >= 15 is 0 Å². The number of nitrogens with zero attached hydrogens (tertiary/aromatic N) is 2. The maximum Gasteiger partial charge on any atom is 0.282 e. The van der Waals surface area contributed by atoms with Crippen molar-refractivity contribution in [3.8, 4) is 0 Å². The molecule has 100 valence electrons. The summed E-state index contributed by atoms with van der Waals surface area (Å²) in [6, 6.07) is -0.464. The minimum Gasteiger partial charge on any atom is -0.386 e. The first-order chi connectivity index (χ1) is 7.95. The lowest BCUT2D eigenvalue weighted by Gasteiger charge is -2.36. The number of amidine groups is 1. The number of hydrogen-bond acceptors (Lipinski definition) is 3. The number of nitrogens with two attached hydrogens (primary N) is 1. The van der Waals surface area contributed by atoms with Crippen LogP contribution in [-0.4, -0.2) is 48.5 Å². The second kappa shape index (κ2) is 5.79. The van der Waals surface area contributed by atoms with Crippen LogP contribution >= 0.6 is 0 Å². The standard InChI is InChI=1S/C10H22N4O2S/c1-3-13(4-2)17(15,16)14-8-6-5-7-9(14)10(11)12/h9H,3-8H2,1-2H3,(H3,11,12).